The summed E-state index contributed by atoms with van der Waals surface area (Å²) in [7, 11) is -3.55. The van der Waals surface area contributed by atoms with Crippen LogP contribution >= 0.6 is 23.2 Å². The Labute approximate surface area is 158 Å². The largest absolute Gasteiger partial charge is 0.268 e. The molecule has 0 aliphatic carbocycles. The van der Waals surface area contributed by atoms with Crippen LogP contribution < -0.4 is 4.72 Å². The number of fused-ring (bicyclic) bond motifs is 3. The number of halogens is 2. The molecule has 1 N–H and O–H groups in total. The van der Waals surface area contributed by atoms with E-state index >= 15 is 0 Å². The molecule has 3 heterocycles. The number of quaternary nitrogens is 2. The predicted octanol–water partition coefficient (Wildman–Crippen LogP) is 1.20. The van der Waals surface area contributed by atoms with Crippen molar-refractivity contribution in [3.63, 3.8) is 0 Å². The minimum Gasteiger partial charge on any atom is -0.268 e. The lowest BCUT2D eigenvalue weighted by molar-refractivity contribution is -0.985. The highest BCUT2D eigenvalue weighted by molar-refractivity contribution is 7.90. The van der Waals surface area contributed by atoms with Crippen molar-refractivity contribution >= 4 is 39.1 Å². The quantitative estimate of drug-likeness (QED) is 0.602. The summed E-state index contributed by atoms with van der Waals surface area (Å²) in [5.74, 6) is 1.06. The maximum atomic E-state index is 11.1. The number of carbonyl (C=O) groups is 1. The van der Waals surface area contributed by atoms with E-state index in [2.05, 4.69) is 0 Å². The average molecular weight is 408 g/mol. The topological polar surface area (TPSA) is 63.2 Å². The second-order valence-electron chi connectivity index (χ2n) is 6.98. The summed E-state index contributed by atoms with van der Waals surface area (Å²) in [5.41, 5.74) is 0.220. The molecule has 2 fully saturated rings. The van der Waals surface area contributed by atoms with Crippen molar-refractivity contribution in [1.82, 2.24) is 4.72 Å². The van der Waals surface area contributed by atoms with E-state index in [1.165, 1.54) is 53.9 Å². The van der Waals surface area contributed by atoms with Crippen LogP contribution in [-0.2, 0) is 10.0 Å². The lowest BCUT2D eigenvalue weighted by Crippen LogP contribution is -2.48. The minimum atomic E-state index is -3.55. The van der Waals surface area contributed by atoms with Gasteiger partial charge in [0, 0.05) is 0 Å². The molecule has 1 aromatic rings. The number of carbonyl (C=O) groups excluding carboxylic acids is 1. The molecule has 138 valence electrons. The van der Waals surface area contributed by atoms with Crippen LogP contribution in [-0.4, -0.2) is 81.0 Å². The molecule has 2 saturated heterocycles. The highest BCUT2D eigenvalue weighted by Crippen LogP contribution is 2.31. The molecule has 0 radical (unpaired) electrons. The maximum absolute atomic E-state index is 11.1. The van der Waals surface area contributed by atoms with Crippen molar-refractivity contribution in [2.45, 2.75) is 4.90 Å². The van der Waals surface area contributed by atoms with Crippen LogP contribution in [0.25, 0.3) is 0 Å². The van der Waals surface area contributed by atoms with E-state index in [0.717, 1.165) is 24.8 Å². The van der Waals surface area contributed by atoms with Crippen molar-refractivity contribution < 1.29 is 22.2 Å². The van der Waals surface area contributed by atoms with Crippen molar-refractivity contribution in [3.05, 3.63) is 29.8 Å². The monoisotopic (exact) mass is 407 g/mol. The van der Waals surface area contributed by atoms with Crippen LogP contribution in [0.3, 0.4) is 0 Å². The smallest absolute Gasteiger partial charge is 0.266 e. The Morgan fingerprint density at radius 3 is 1.96 bits per heavy atom. The molecule has 4 rings (SSSR count). The van der Waals surface area contributed by atoms with Gasteiger partial charge in [-0.3, -0.25) is 13.8 Å². The van der Waals surface area contributed by atoms with Crippen molar-refractivity contribution in [2.24, 2.45) is 0 Å². The zero-order valence-corrected chi connectivity index (χ0v) is 16.3. The van der Waals surface area contributed by atoms with Gasteiger partial charge in [0.15, 0.2) is 0 Å². The fourth-order valence-corrected chi connectivity index (χ4v) is 5.95. The second kappa shape index (κ2) is 7.04. The zero-order chi connectivity index (χ0) is 18.1. The van der Waals surface area contributed by atoms with E-state index in [-0.39, 0.29) is 10.5 Å². The van der Waals surface area contributed by atoms with Crippen LogP contribution in [0.4, 0.5) is 0 Å². The number of rotatable bonds is 4. The molecule has 2 bridgehead atoms. The van der Waals surface area contributed by atoms with Crippen LogP contribution in [0, 0.1) is 0 Å². The van der Waals surface area contributed by atoms with Crippen LogP contribution in [0.2, 0.25) is 0 Å². The number of hydrogen-bond acceptors (Lipinski definition) is 3. The van der Waals surface area contributed by atoms with Gasteiger partial charge >= 0.3 is 0 Å². The highest BCUT2D eigenvalue weighted by Gasteiger charge is 2.54. The van der Waals surface area contributed by atoms with E-state index in [4.69, 9.17) is 23.2 Å². The van der Waals surface area contributed by atoms with Gasteiger partial charge in [-0.1, -0.05) is 12.1 Å². The number of benzene rings is 1. The van der Waals surface area contributed by atoms with Gasteiger partial charge in [0.2, 0.25) is 6.67 Å². The van der Waals surface area contributed by atoms with Gasteiger partial charge in [-0.05, 0) is 12.1 Å². The summed E-state index contributed by atoms with van der Waals surface area (Å²) in [6, 6.07) is 6.09. The van der Waals surface area contributed by atoms with Crippen LogP contribution in [0.1, 0.15) is 10.4 Å². The molecule has 3 aliphatic heterocycles. The molecule has 9 heteroatoms. The highest BCUT2D eigenvalue weighted by atomic mass is 35.5. The summed E-state index contributed by atoms with van der Waals surface area (Å²) < 4.78 is 26.7. The Bertz CT molecular complexity index is 742. The van der Waals surface area contributed by atoms with E-state index < -0.39 is 15.9 Å². The van der Waals surface area contributed by atoms with Crippen molar-refractivity contribution in [2.75, 3.05) is 57.7 Å². The molecule has 0 spiro atoms. The number of hydrogen-bond donors (Lipinski definition) is 1. The molecular formula is C16H23Cl2N3O3S+2. The number of nitrogens with zero attached hydrogens (tertiary/aromatic N) is 2. The fourth-order valence-electron chi connectivity index (χ4n) is 4.06. The Morgan fingerprint density at radius 1 is 0.960 bits per heavy atom. The molecule has 0 saturated carbocycles. The molecule has 1 aromatic carbocycles. The number of alkyl halides is 2. The molecule has 0 atom stereocenters. The number of amides is 1. The minimum absolute atomic E-state index is 0.0648. The first-order chi connectivity index (χ1) is 11.9. The molecule has 25 heavy (non-hydrogen) atoms. The molecule has 6 nitrogen and oxygen atoms in total. The maximum Gasteiger partial charge on any atom is 0.266 e. The third-order valence-corrected chi connectivity index (χ3v) is 7.19. The van der Waals surface area contributed by atoms with Gasteiger partial charge in [-0.15, -0.1) is 23.2 Å². The van der Waals surface area contributed by atoms with E-state index in [0.29, 0.717) is 0 Å². The van der Waals surface area contributed by atoms with Gasteiger partial charge < -0.3 is 0 Å². The molecule has 0 aromatic heterocycles. The van der Waals surface area contributed by atoms with Gasteiger partial charge in [-0.2, -0.15) is 0 Å². The number of nitrogens with one attached hydrogen (secondary N) is 1. The Balaban J connectivity index is 0.000000146. The van der Waals surface area contributed by atoms with Crippen molar-refractivity contribution in [3.8, 4) is 0 Å². The number of sulfonamides is 1. The third kappa shape index (κ3) is 3.66. The average Bonchev–Trinajstić information content (AvgIpc) is 3.18. The Hall–Kier alpha value is -0.860. The predicted molar refractivity (Wildman–Crippen MR) is 97.1 cm³/mol. The van der Waals surface area contributed by atoms with E-state index in [1.807, 2.05) is 4.72 Å². The van der Waals surface area contributed by atoms with E-state index in [9.17, 15) is 13.2 Å². The lowest BCUT2D eigenvalue weighted by atomic mass is 10.2. The van der Waals surface area contributed by atoms with Gasteiger partial charge in [0.25, 0.3) is 15.9 Å². The summed E-state index contributed by atoms with van der Waals surface area (Å²) in [6.45, 7) is 8.90. The fraction of sp³-hybridized carbons (Fsp3) is 0.562. The van der Waals surface area contributed by atoms with Gasteiger partial charge in [-0.25, -0.2) is 13.1 Å². The van der Waals surface area contributed by atoms with Gasteiger partial charge in [0.1, 0.15) is 31.1 Å². The molecular weight excluding hydrogens is 385 g/mol. The standard InChI is InChI=1S/C9H18Cl2N2.C7H5NO3S/c10-1-3-12-5-7-13(9-12,4-2-11)8-6-12;9-7-5-3-1-2-4-6(5)12(10,11)8-7/h1-9H2;1-4H,(H,8,9)/q+2;. The van der Waals surface area contributed by atoms with Crippen molar-refractivity contribution in [1.29, 1.82) is 0 Å². The Kier molecular flexibility index (Phi) is 5.33. The molecule has 3 aliphatic rings. The van der Waals surface area contributed by atoms with Gasteiger partial charge in [0.05, 0.1) is 30.4 Å². The third-order valence-electron chi connectivity index (χ3n) is 5.46. The van der Waals surface area contributed by atoms with E-state index in [1.54, 1.807) is 12.1 Å². The number of piperazine rings is 1. The molecule has 1 amide bonds. The molecule has 0 unspecified atom stereocenters. The first-order valence-electron chi connectivity index (χ1n) is 8.34. The zero-order valence-electron chi connectivity index (χ0n) is 14.0. The summed E-state index contributed by atoms with van der Waals surface area (Å²) in [6.07, 6.45) is 0. The SMILES string of the molecule is ClCC[N+]12CC[N+](CCCl)(CC1)C2.O=C1NS(=O)(=O)c2ccccc21. The summed E-state index contributed by atoms with van der Waals surface area (Å²) >= 11 is 11.7. The first kappa shape index (κ1) is 18.9. The second-order valence-corrected chi connectivity index (χ2v) is 9.38. The first-order valence-corrected chi connectivity index (χ1v) is 10.9. The summed E-state index contributed by atoms with van der Waals surface area (Å²) in [5, 5.41) is 0. The van der Waals surface area contributed by atoms with Crippen LogP contribution in [0.15, 0.2) is 29.2 Å². The lowest BCUT2D eigenvalue weighted by Gasteiger charge is -2.26. The summed E-state index contributed by atoms with van der Waals surface area (Å²) in [4.78, 5) is 11.1. The normalized spacial score (nSPS) is 31.2. The van der Waals surface area contributed by atoms with Crippen LogP contribution in [0.5, 0.6) is 0 Å². The Morgan fingerprint density at radius 2 is 1.48 bits per heavy atom.